The van der Waals surface area contributed by atoms with Gasteiger partial charge in [-0.25, -0.2) is 9.78 Å². The Morgan fingerprint density at radius 2 is 1.89 bits per heavy atom. The first-order valence-electron chi connectivity index (χ1n) is 11.6. The van der Waals surface area contributed by atoms with Crippen molar-refractivity contribution in [2.75, 3.05) is 11.1 Å². The predicted molar refractivity (Wildman–Crippen MR) is 131 cm³/mol. The molecule has 1 aliphatic carbocycles. The van der Waals surface area contributed by atoms with Gasteiger partial charge in [-0.1, -0.05) is 30.3 Å². The number of amides is 4. The van der Waals surface area contributed by atoms with Gasteiger partial charge in [0, 0.05) is 11.7 Å². The van der Waals surface area contributed by atoms with Crippen molar-refractivity contribution in [3.05, 3.63) is 69.5 Å². The largest absolute Gasteiger partial charge is 1.00 e. The molecular weight excluding hydrogens is 523 g/mol. The Labute approximate surface area is 243 Å². The van der Waals surface area contributed by atoms with Crippen LogP contribution >= 0.6 is 11.8 Å². The first-order valence-corrected chi connectivity index (χ1v) is 12.7. The Kier molecular flexibility index (Phi) is 8.31. The minimum Gasteiger partial charge on any atom is -0.543 e. The molecule has 1 saturated heterocycles. The molecule has 192 valence electrons. The summed E-state index contributed by atoms with van der Waals surface area (Å²) < 4.78 is 0. The minimum atomic E-state index is -1.45. The zero-order valence-electron chi connectivity index (χ0n) is 20.6. The van der Waals surface area contributed by atoms with E-state index >= 15 is 0 Å². The molecule has 1 saturated carbocycles. The van der Waals surface area contributed by atoms with Crippen LogP contribution in [-0.2, 0) is 14.4 Å². The predicted octanol–water partition coefficient (Wildman–Crippen LogP) is -3.06. The van der Waals surface area contributed by atoms with E-state index in [0.717, 1.165) is 17.7 Å². The molecule has 3 atom stereocenters. The number of rotatable bonds is 7. The Morgan fingerprint density at radius 1 is 1.18 bits per heavy atom. The van der Waals surface area contributed by atoms with Gasteiger partial charge >= 0.3 is 35.6 Å². The second-order valence-corrected chi connectivity index (χ2v) is 10.1. The van der Waals surface area contributed by atoms with Crippen LogP contribution in [0.2, 0.25) is 0 Å². The summed E-state index contributed by atoms with van der Waals surface area (Å²) >= 11 is 1.32. The molecule has 14 heteroatoms. The van der Waals surface area contributed by atoms with E-state index in [1.165, 1.54) is 18.0 Å². The van der Waals surface area contributed by atoms with E-state index in [9.17, 15) is 29.1 Å². The molecule has 5 rings (SSSR count). The molecule has 4 N–H and O–H groups in total. The van der Waals surface area contributed by atoms with Gasteiger partial charge in [0.25, 0.3) is 11.5 Å². The summed E-state index contributed by atoms with van der Waals surface area (Å²) in [6.45, 7) is 1.61. The quantitative estimate of drug-likeness (QED) is 0.209. The normalized spacial score (nSPS) is 20.9. The number of carbonyl (C=O) groups excluding carboxylic acids is 4. The number of hydrogen-bond donors (Lipinski definition) is 4. The molecule has 4 amide bonds. The van der Waals surface area contributed by atoms with E-state index < -0.39 is 46.8 Å². The number of β-lactam (4-membered cyclic amide) rings is 1. The second kappa shape index (κ2) is 11.3. The fraction of sp³-hybridized carbons (Fsp3) is 0.333. The zero-order valence-corrected chi connectivity index (χ0v) is 23.5. The van der Waals surface area contributed by atoms with Gasteiger partial charge in [-0.2, -0.15) is 0 Å². The summed E-state index contributed by atoms with van der Waals surface area (Å²) in [4.78, 5) is 70.6. The fourth-order valence-electron chi connectivity index (χ4n) is 4.30. The van der Waals surface area contributed by atoms with Crippen molar-refractivity contribution in [2.24, 2.45) is 0 Å². The Balaban J connectivity index is 0.00000336. The summed E-state index contributed by atoms with van der Waals surface area (Å²) in [6, 6.07) is 5.39. The molecule has 1 aromatic carbocycles. The molecule has 3 heterocycles. The van der Waals surface area contributed by atoms with Crippen LogP contribution in [0.25, 0.3) is 0 Å². The maximum atomic E-state index is 13.3. The van der Waals surface area contributed by atoms with E-state index in [1.54, 1.807) is 37.3 Å². The third-order valence-electron chi connectivity index (χ3n) is 6.35. The van der Waals surface area contributed by atoms with E-state index in [1.807, 2.05) is 0 Å². The first kappa shape index (κ1) is 27.9. The van der Waals surface area contributed by atoms with Crippen molar-refractivity contribution >= 4 is 41.3 Å². The molecule has 2 fully saturated rings. The molecule has 3 aliphatic rings. The van der Waals surface area contributed by atoms with Crippen LogP contribution in [-0.4, -0.2) is 55.9 Å². The maximum Gasteiger partial charge on any atom is 1.00 e. The van der Waals surface area contributed by atoms with Gasteiger partial charge in [-0.15, -0.1) is 11.8 Å². The number of thioether (sulfide) groups is 1. The van der Waals surface area contributed by atoms with Crippen LogP contribution in [0.15, 0.2) is 52.6 Å². The van der Waals surface area contributed by atoms with Crippen LogP contribution < -0.4 is 56.2 Å². The number of H-pyrrole nitrogens is 1. The Hall–Kier alpha value is -3.13. The summed E-state index contributed by atoms with van der Waals surface area (Å²) in [7, 11) is 0. The zero-order chi connectivity index (χ0) is 26.3. The third-order valence-corrected chi connectivity index (χ3v) is 7.78. The monoisotopic (exact) mass is 546 g/mol. The number of urea groups is 1. The molecule has 12 nitrogen and oxygen atoms in total. The first-order chi connectivity index (χ1) is 17.7. The molecule has 0 spiro atoms. The van der Waals surface area contributed by atoms with Crippen LogP contribution in [0.3, 0.4) is 0 Å². The van der Waals surface area contributed by atoms with Gasteiger partial charge < -0.3 is 30.8 Å². The second-order valence-electron chi connectivity index (χ2n) is 9.04. The number of aromatic amines is 1. The van der Waals surface area contributed by atoms with Gasteiger partial charge in [0.1, 0.15) is 29.0 Å². The number of fused-ring (bicyclic) bond motifs is 1. The van der Waals surface area contributed by atoms with Gasteiger partial charge in [0.05, 0.1) is 17.9 Å². The van der Waals surface area contributed by atoms with Crippen LogP contribution in [0.4, 0.5) is 10.5 Å². The van der Waals surface area contributed by atoms with Crippen LogP contribution in [0.1, 0.15) is 43.1 Å². The number of benzene rings is 1. The standard InChI is InChI=1S/C24H24N6O6S.Na/c1-11-10-37-22-16(21(33)30(22)17(11)23(34)35)27-20(32)15(12-5-3-2-4-6-12)28-24(36)26-14-9-25-18(13-7-8-13)29-19(14)31;/h2-6,9,13,15-16,22H,7-8,10H2,1H3,(H,27,32)(H,34,35)(H,25,29,31)(H2,26,28,36);/q;+1/p-1/t15-,16?,22-;/m1./s1. The van der Waals surface area contributed by atoms with Crippen molar-refractivity contribution in [2.45, 2.75) is 43.1 Å². The SMILES string of the molecule is CC1=C(C(=O)[O-])N2C(=O)C(NC(=O)[C@H](NC(=O)Nc3cnc(C4CC4)[nH]c3=O)c3ccccc3)[C@H]2SC1.[Na+]. The number of nitrogens with one attached hydrogen (secondary N) is 4. The topological polar surface area (TPSA) is 176 Å². The Morgan fingerprint density at radius 3 is 2.53 bits per heavy atom. The van der Waals surface area contributed by atoms with E-state index in [0.29, 0.717) is 22.7 Å². The molecule has 1 aromatic heterocycles. The number of aromatic nitrogens is 2. The number of aliphatic carboxylic acids is 1. The van der Waals surface area contributed by atoms with E-state index in [4.69, 9.17) is 0 Å². The van der Waals surface area contributed by atoms with Gasteiger partial charge in [0.2, 0.25) is 5.91 Å². The van der Waals surface area contributed by atoms with Crippen LogP contribution in [0, 0.1) is 0 Å². The minimum absolute atomic E-state index is 0. The number of nitrogens with zero attached hydrogens (tertiary/aromatic N) is 2. The maximum absolute atomic E-state index is 13.3. The summed E-state index contributed by atoms with van der Waals surface area (Å²) in [6.07, 6.45) is 3.18. The third kappa shape index (κ3) is 5.51. The summed E-state index contributed by atoms with van der Waals surface area (Å²) in [5, 5.41) is 18.5. The number of carboxylic acid groups (broad SMARTS) is 1. The van der Waals surface area contributed by atoms with Crippen molar-refractivity contribution in [3.63, 3.8) is 0 Å². The number of carbonyl (C=O) groups is 4. The molecule has 38 heavy (non-hydrogen) atoms. The molecule has 1 unspecified atom stereocenters. The molecular formula is C24H23N6NaO6S. The number of anilines is 1. The summed E-state index contributed by atoms with van der Waals surface area (Å²) in [5.41, 5.74) is 0.193. The Bertz CT molecular complexity index is 1380. The fourth-order valence-corrected chi connectivity index (χ4v) is 5.59. The van der Waals surface area contributed by atoms with Crippen molar-refractivity contribution in [1.29, 1.82) is 0 Å². The smallest absolute Gasteiger partial charge is 0.543 e. The van der Waals surface area contributed by atoms with Crippen molar-refractivity contribution < 1.29 is 53.8 Å². The molecule has 0 bridgehead atoms. The number of carboxylic acids is 1. The van der Waals surface area contributed by atoms with Crippen molar-refractivity contribution in [1.82, 2.24) is 25.5 Å². The summed E-state index contributed by atoms with van der Waals surface area (Å²) in [5.74, 6) is -1.52. The molecule has 0 radical (unpaired) electrons. The van der Waals surface area contributed by atoms with Crippen molar-refractivity contribution in [3.8, 4) is 0 Å². The van der Waals surface area contributed by atoms with Gasteiger partial charge in [-0.3, -0.25) is 19.3 Å². The number of hydrogen-bond acceptors (Lipinski definition) is 8. The van der Waals surface area contributed by atoms with E-state index in [2.05, 4.69) is 25.9 Å². The van der Waals surface area contributed by atoms with Gasteiger partial charge in [-0.05, 0) is 30.9 Å². The van der Waals surface area contributed by atoms with Gasteiger partial charge in [0.15, 0.2) is 0 Å². The molecule has 2 aromatic rings. The average Bonchev–Trinajstić information content (AvgIpc) is 3.73. The average molecular weight is 547 g/mol. The van der Waals surface area contributed by atoms with Crippen LogP contribution in [0.5, 0.6) is 0 Å². The van der Waals surface area contributed by atoms with E-state index in [-0.39, 0.29) is 46.9 Å². The molecule has 2 aliphatic heterocycles.